The van der Waals surface area contributed by atoms with E-state index in [-0.39, 0.29) is 42.1 Å². The number of nitrogens with two attached hydrogens (primary N) is 1. The lowest BCUT2D eigenvalue weighted by atomic mass is 9.59. The molecule has 1 fully saturated rings. The van der Waals surface area contributed by atoms with E-state index in [1.54, 1.807) is 0 Å². The minimum Gasteiger partial charge on any atom is -0.508 e. The number of Topliss-reactive ketones (excluding diaryl/α,β-unsaturated/α-hetero) is 2. The predicted octanol–water partition coefficient (Wildman–Crippen LogP) is 1.69. The molecule has 1 saturated carbocycles. The predicted molar refractivity (Wildman–Crippen MR) is 124 cm³/mol. The van der Waals surface area contributed by atoms with Crippen LogP contribution in [0.5, 0.6) is 5.75 Å². The zero-order valence-corrected chi connectivity index (χ0v) is 19.7. The van der Waals surface area contributed by atoms with Crippen LogP contribution >= 0.6 is 0 Å². The summed E-state index contributed by atoms with van der Waals surface area (Å²) in [6.07, 6.45) is 0.613. The summed E-state index contributed by atoms with van der Waals surface area (Å²) in [6, 6.07) is 1.88. The summed E-state index contributed by atoms with van der Waals surface area (Å²) >= 11 is 0. The molecule has 9 heteroatoms. The summed E-state index contributed by atoms with van der Waals surface area (Å²) in [5.41, 5.74) is 3.96. The van der Waals surface area contributed by atoms with Gasteiger partial charge in [-0.05, 0) is 48.3 Å². The molecule has 6 N–H and O–H groups in total. The highest BCUT2D eigenvalue weighted by Crippen LogP contribution is 2.53. The van der Waals surface area contributed by atoms with E-state index in [0.29, 0.717) is 17.5 Å². The van der Waals surface area contributed by atoms with Crippen molar-refractivity contribution in [3.05, 3.63) is 39.7 Å². The van der Waals surface area contributed by atoms with Crippen LogP contribution in [0.4, 0.5) is 5.69 Å². The van der Waals surface area contributed by atoms with Gasteiger partial charge in [-0.2, -0.15) is 0 Å². The molecule has 3 aliphatic rings. The Morgan fingerprint density at radius 3 is 2.41 bits per heavy atom. The Labute approximate surface area is 197 Å². The first-order valence-corrected chi connectivity index (χ1v) is 11.3. The lowest BCUT2D eigenvalue weighted by Gasteiger charge is -2.46. The lowest BCUT2D eigenvalue weighted by Crippen LogP contribution is -2.58. The number of primary amides is 1. The maximum atomic E-state index is 13.6. The van der Waals surface area contributed by atoms with Gasteiger partial charge in [0.15, 0.2) is 11.4 Å². The van der Waals surface area contributed by atoms with Crippen LogP contribution in [-0.2, 0) is 27.2 Å². The van der Waals surface area contributed by atoms with Gasteiger partial charge in [0, 0.05) is 37.7 Å². The number of aromatic hydroxyl groups is 1. The molecule has 182 valence electrons. The highest BCUT2D eigenvalue weighted by molar-refractivity contribution is 6.22. The number of amides is 1. The molecule has 4 rings (SSSR count). The highest BCUT2D eigenvalue weighted by atomic mass is 16.3. The van der Waals surface area contributed by atoms with Crippen LogP contribution in [0.15, 0.2) is 23.0 Å². The van der Waals surface area contributed by atoms with Crippen LogP contribution in [0, 0.1) is 17.8 Å². The fraction of sp³-hybridized carbons (Fsp3) is 0.480. The topological polar surface area (TPSA) is 161 Å². The largest absolute Gasteiger partial charge is 0.508 e. The van der Waals surface area contributed by atoms with E-state index in [0.717, 1.165) is 5.69 Å². The van der Waals surface area contributed by atoms with Crippen molar-refractivity contribution in [2.75, 3.05) is 19.0 Å². The molecule has 0 bridgehead atoms. The Balaban J connectivity index is 1.96. The molecular weight excluding hydrogens is 440 g/mol. The summed E-state index contributed by atoms with van der Waals surface area (Å²) in [5, 5.41) is 44.4. The zero-order chi connectivity index (χ0) is 25.3. The molecule has 0 radical (unpaired) electrons. The number of ketones is 2. The molecule has 0 spiro atoms. The van der Waals surface area contributed by atoms with Gasteiger partial charge >= 0.3 is 0 Å². The van der Waals surface area contributed by atoms with Gasteiger partial charge in [-0.15, -0.1) is 0 Å². The number of carbonyl (C=O) groups excluding carboxylic acids is 3. The first-order valence-electron chi connectivity index (χ1n) is 11.3. The van der Waals surface area contributed by atoms with Crippen LogP contribution in [0.2, 0.25) is 0 Å². The number of aliphatic hydroxyl groups is 3. The van der Waals surface area contributed by atoms with Gasteiger partial charge < -0.3 is 31.1 Å². The normalized spacial score (nSPS) is 26.4. The number of carbonyl (C=O) groups is 3. The second-order valence-corrected chi connectivity index (χ2v) is 10.2. The maximum Gasteiger partial charge on any atom is 0.255 e. The van der Waals surface area contributed by atoms with Crippen molar-refractivity contribution in [1.29, 1.82) is 0 Å². The van der Waals surface area contributed by atoms with Gasteiger partial charge in [0.25, 0.3) is 5.91 Å². The fourth-order valence-corrected chi connectivity index (χ4v) is 5.72. The summed E-state index contributed by atoms with van der Waals surface area (Å²) < 4.78 is 0. The number of phenols is 1. The molecule has 1 aromatic rings. The van der Waals surface area contributed by atoms with E-state index in [1.165, 1.54) is 0 Å². The van der Waals surface area contributed by atoms with Gasteiger partial charge in [-0.1, -0.05) is 13.8 Å². The van der Waals surface area contributed by atoms with Gasteiger partial charge in [-0.3, -0.25) is 14.4 Å². The quantitative estimate of drug-likeness (QED) is 0.415. The number of hydrogen-bond donors (Lipinski definition) is 5. The van der Waals surface area contributed by atoms with Gasteiger partial charge in [0.1, 0.15) is 22.8 Å². The van der Waals surface area contributed by atoms with Crippen molar-refractivity contribution in [2.24, 2.45) is 23.5 Å². The van der Waals surface area contributed by atoms with E-state index in [1.807, 2.05) is 38.9 Å². The molecule has 1 amide bonds. The smallest absolute Gasteiger partial charge is 0.255 e. The van der Waals surface area contributed by atoms with Crippen molar-refractivity contribution in [1.82, 2.24) is 0 Å². The number of phenolic OH excluding ortho intramolecular Hbond substituents is 1. The molecule has 0 unspecified atom stereocenters. The minimum absolute atomic E-state index is 0.115. The SMILES string of the molecule is CC(C)Cc1cc(N(C)C)c2c(c1O)C(O)=C1C(=O)[C@]3(O)C(O)=C(C(N)=O)C(=O)C[C@@H]3C[C@@H]1C2. The molecule has 0 saturated heterocycles. The Morgan fingerprint density at radius 2 is 1.85 bits per heavy atom. The molecule has 34 heavy (non-hydrogen) atoms. The van der Waals surface area contributed by atoms with E-state index in [9.17, 15) is 34.8 Å². The van der Waals surface area contributed by atoms with Crippen molar-refractivity contribution >= 4 is 28.9 Å². The fourth-order valence-electron chi connectivity index (χ4n) is 5.72. The Bertz CT molecular complexity index is 1190. The summed E-state index contributed by atoms with van der Waals surface area (Å²) in [6.45, 7) is 4.00. The summed E-state index contributed by atoms with van der Waals surface area (Å²) in [7, 11) is 3.70. The van der Waals surface area contributed by atoms with Crippen LogP contribution < -0.4 is 10.6 Å². The molecule has 0 aromatic heterocycles. The first kappa shape index (κ1) is 23.8. The van der Waals surface area contributed by atoms with Crippen LogP contribution in [0.25, 0.3) is 5.76 Å². The Hall–Kier alpha value is -3.33. The molecule has 3 aliphatic carbocycles. The zero-order valence-electron chi connectivity index (χ0n) is 19.7. The monoisotopic (exact) mass is 470 g/mol. The maximum absolute atomic E-state index is 13.6. The standard InChI is InChI=1S/C25H30N2O7/c1-10(2)5-12-8-15(27(3)4)14-7-11-6-13-9-16(28)19(24(26)33)23(32)25(13,34)22(31)17(11)21(30)18(14)20(12)29/h8,10-11,13,29-30,32,34H,5-7,9H2,1-4H3,(H2,26,33)/t11-,13+,25+/m1/s1. The van der Waals surface area contributed by atoms with Crippen LogP contribution in [0.1, 0.15) is 43.4 Å². The number of benzene rings is 1. The average Bonchev–Trinajstić information content (AvgIpc) is 2.71. The third-order valence-electron chi connectivity index (χ3n) is 7.23. The minimum atomic E-state index is -2.55. The van der Waals surface area contributed by atoms with E-state index < -0.39 is 52.0 Å². The molecular formula is C25H30N2O7. The number of rotatable bonds is 4. The summed E-state index contributed by atoms with van der Waals surface area (Å²) in [5.74, 6) is -5.91. The molecule has 3 atom stereocenters. The number of nitrogens with zero attached hydrogens (tertiary/aromatic N) is 1. The highest BCUT2D eigenvalue weighted by Gasteiger charge is 2.60. The molecule has 9 nitrogen and oxygen atoms in total. The second kappa shape index (κ2) is 7.87. The van der Waals surface area contributed by atoms with Crippen molar-refractivity contribution in [3.63, 3.8) is 0 Å². The molecule has 0 heterocycles. The molecule has 0 aliphatic heterocycles. The lowest BCUT2D eigenvalue weighted by molar-refractivity contribution is -0.147. The third kappa shape index (κ3) is 3.21. The summed E-state index contributed by atoms with van der Waals surface area (Å²) in [4.78, 5) is 39.7. The number of hydrogen-bond acceptors (Lipinski definition) is 8. The van der Waals surface area contributed by atoms with Crippen LogP contribution in [-0.4, -0.2) is 57.6 Å². The van der Waals surface area contributed by atoms with E-state index in [4.69, 9.17) is 5.73 Å². The van der Waals surface area contributed by atoms with Gasteiger partial charge in [0.2, 0.25) is 5.78 Å². The first-order chi connectivity index (χ1) is 15.8. The number of fused-ring (bicyclic) bond motifs is 3. The van der Waals surface area contributed by atoms with Crippen molar-refractivity contribution in [2.45, 2.75) is 45.1 Å². The molecule has 1 aromatic carbocycles. The number of anilines is 1. The van der Waals surface area contributed by atoms with Crippen molar-refractivity contribution < 1.29 is 34.8 Å². The Kier molecular flexibility index (Phi) is 5.51. The van der Waals surface area contributed by atoms with Crippen LogP contribution in [0.3, 0.4) is 0 Å². The second-order valence-electron chi connectivity index (χ2n) is 10.2. The van der Waals surface area contributed by atoms with E-state index in [2.05, 4.69) is 0 Å². The van der Waals surface area contributed by atoms with E-state index >= 15 is 0 Å². The Morgan fingerprint density at radius 1 is 1.21 bits per heavy atom. The number of aliphatic hydroxyl groups excluding tert-OH is 2. The third-order valence-corrected chi connectivity index (χ3v) is 7.23. The van der Waals surface area contributed by atoms with Crippen molar-refractivity contribution in [3.8, 4) is 5.75 Å². The van der Waals surface area contributed by atoms with Gasteiger partial charge in [0.05, 0.1) is 5.56 Å². The van der Waals surface area contributed by atoms with Gasteiger partial charge in [-0.25, -0.2) is 0 Å². The average molecular weight is 471 g/mol.